The molecule has 128 valence electrons. The molecule has 1 unspecified atom stereocenters. The molecule has 2 amide bonds. The Balaban J connectivity index is 1.69. The van der Waals surface area contributed by atoms with Crippen LogP contribution in [0.1, 0.15) is 45.1 Å². The van der Waals surface area contributed by atoms with Crippen molar-refractivity contribution in [3.8, 4) is 0 Å². The Labute approximate surface area is 144 Å². The van der Waals surface area contributed by atoms with Gasteiger partial charge in [0.05, 0.1) is 0 Å². The highest BCUT2D eigenvalue weighted by Crippen LogP contribution is 2.16. The number of hydrogen-bond donors (Lipinski definition) is 2. The van der Waals surface area contributed by atoms with E-state index in [9.17, 15) is 4.79 Å². The molecule has 1 aromatic carbocycles. The number of amides is 2. The van der Waals surface area contributed by atoms with Crippen LogP contribution in [0.25, 0.3) is 0 Å². The first-order chi connectivity index (χ1) is 11.1. The number of nitrogens with one attached hydrogen (secondary N) is 2. The van der Waals surface area contributed by atoms with Gasteiger partial charge in [-0.2, -0.15) is 0 Å². The molecule has 1 saturated heterocycles. The number of rotatable bonds is 6. The molecule has 1 heterocycles. The first kappa shape index (κ1) is 18.1. The molecule has 0 spiro atoms. The number of nitrogens with zero attached hydrogens (tertiary/aromatic N) is 1. The highest BCUT2D eigenvalue weighted by atomic mass is 35.5. The first-order valence-corrected chi connectivity index (χ1v) is 8.98. The van der Waals surface area contributed by atoms with E-state index in [1.807, 2.05) is 12.1 Å². The Morgan fingerprint density at radius 1 is 1.30 bits per heavy atom. The fourth-order valence-electron chi connectivity index (χ4n) is 3.04. The molecule has 4 nitrogen and oxygen atoms in total. The zero-order chi connectivity index (χ0) is 16.7. The molecule has 0 radical (unpaired) electrons. The van der Waals surface area contributed by atoms with Crippen LogP contribution < -0.4 is 10.6 Å². The first-order valence-electron chi connectivity index (χ1n) is 8.60. The van der Waals surface area contributed by atoms with Crippen molar-refractivity contribution in [3.05, 3.63) is 34.9 Å². The lowest BCUT2D eigenvalue weighted by Crippen LogP contribution is -2.49. The molecule has 2 rings (SSSR count). The fourth-order valence-corrected chi connectivity index (χ4v) is 3.17. The third kappa shape index (κ3) is 6.40. The lowest BCUT2D eigenvalue weighted by molar-refractivity contribution is 0.185. The molecule has 23 heavy (non-hydrogen) atoms. The predicted molar refractivity (Wildman–Crippen MR) is 95.8 cm³/mol. The second kappa shape index (κ2) is 9.14. The van der Waals surface area contributed by atoms with Gasteiger partial charge in [-0.1, -0.05) is 37.1 Å². The van der Waals surface area contributed by atoms with Gasteiger partial charge < -0.3 is 10.6 Å². The average Bonchev–Trinajstić information content (AvgIpc) is 2.51. The quantitative estimate of drug-likeness (QED) is 0.829. The summed E-state index contributed by atoms with van der Waals surface area (Å²) in [6.45, 7) is 7.16. The maximum absolute atomic E-state index is 12.0. The van der Waals surface area contributed by atoms with Crippen molar-refractivity contribution in [3.63, 3.8) is 0 Å². The van der Waals surface area contributed by atoms with Crippen LogP contribution in [0, 0.1) is 0 Å². The van der Waals surface area contributed by atoms with Crippen molar-refractivity contribution in [2.24, 2.45) is 0 Å². The number of piperidine rings is 1. The molecule has 1 aliphatic rings. The van der Waals surface area contributed by atoms with Crippen molar-refractivity contribution in [1.29, 1.82) is 0 Å². The van der Waals surface area contributed by atoms with E-state index in [0.717, 1.165) is 50.3 Å². The molecule has 2 N–H and O–H groups in total. The monoisotopic (exact) mass is 337 g/mol. The van der Waals surface area contributed by atoms with Crippen LogP contribution in [0.5, 0.6) is 0 Å². The number of hydrogen-bond acceptors (Lipinski definition) is 2. The molecule has 0 bridgehead atoms. The molecule has 1 fully saturated rings. The van der Waals surface area contributed by atoms with E-state index >= 15 is 0 Å². The van der Waals surface area contributed by atoms with Gasteiger partial charge in [0.25, 0.3) is 0 Å². The van der Waals surface area contributed by atoms with Gasteiger partial charge in [-0.25, -0.2) is 4.79 Å². The minimum absolute atomic E-state index is 0.0258. The highest BCUT2D eigenvalue weighted by Gasteiger charge is 2.21. The zero-order valence-electron chi connectivity index (χ0n) is 14.1. The van der Waals surface area contributed by atoms with Gasteiger partial charge >= 0.3 is 6.03 Å². The molecule has 0 aliphatic carbocycles. The van der Waals surface area contributed by atoms with Crippen LogP contribution in [-0.4, -0.2) is 36.1 Å². The van der Waals surface area contributed by atoms with E-state index in [1.165, 1.54) is 5.56 Å². The van der Waals surface area contributed by atoms with E-state index in [-0.39, 0.29) is 18.1 Å². The predicted octanol–water partition coefficient (Wildman–Crippen LogP) is 3.79. The minimum Gasteiger partial charge on any atom is -0.336 e. The Morgan fingerprint density at radius 2 is 1.96 bits per heavy atom. The molecule has 0 saturated carbocycles. The Kier molecular flexibility index (Phi) is 7.18. The lowest BCUT2D eigenvalue weighted by Gasteiger charge is -2.32. The van der Waals surface area contributed by atoms with Crippen LogP contribution in [0.2, 0.25) is 5.02 Å². The van der Waals surface area contributed by atoms with Crippen LogP contribution in [0.15, 0.2) is 24.3 Å². The minimum atomic E-state index is -0.0258. The average molecular weight is 338 g/mol. The fraction of sp³-hybridized carbons (Fsp3) is 0.611. The van der Waals surface area contributed by atoms with Gasteiger partial charge in [-0.15, -0.1) is 0 Å². The van der Waals surface area contributed by atoms with E-state index in [0.29, 0.717) is 0 Å². The van der Waals surface area contributed by atoms with E-state index < -0.39 is 0 Å². The Morgan fingerprint density at radius 3 is 2.57 bits per heavy atom. The van der Waals surface area contributed by atoms with Crippen molar-refractivity contribution >= 4 is 17.6 Å². The molecular formula is C18H28ClN3O. The van der Waals surface area contributed by atoms with Crippen molar-refractivity contribution in [1.82, 2.24) is 15.5 Å². The molecular weight excluding hydrogens is 310 g/mol. The molecule has 1 atom stereocenters. The third-order valence-corrected chi connectivity index (χ3v) is 4.59. The summed E-state index contributed by atoms with van der Waals surface area (Å²) in [5.74, 6) is 0. The smallest absolute Gasteiger partial charge is 0.315 e. The molecule has 1 aromatic rings. The zero-order valence-corrected chi connectivity index (χ0v) is 14.9. The third-order valence-electron chi connectivity index (χ3n) is 4.34. The normalized spacial score (nSPS) is 17.7. The van der Waals surface area contributed by atoms with Gasteiger partial charge in [-0.05, 0) is 43.9 Å². The summed E-state index contributed by atoms with van der Waals surface area (Å²) in [6, 6.07) is 8.53. The largest absolute Gasteiger partial charge is 0.336 e. The summed E-state index contributed by atoms with van der Waals surface area (Å²) < 4.78 is 0. The van der Waals surface area contributed by atoms with E-state index in [1.54, 1.807) is 0 Å². The van der Waals surface area contributed by atoms with Crippen molar-refractivity contribution in [2.75, 3.05) is 13.1 Å². The summed E-state index contributed by atoms with van der Waals surface area (Å²) in [6.07, 6.45) is 4.11. The van der Waals surface area contributed by atoms with Gasteiger partial charge in [0.1, 0.15) is 0 Å². The number of urea groups is 1. The number of likely N-dealkylation sites (tertiary alicyclic amines) is 1. The van der Waals surface area contributed by atoms with Crippen LogP contribution in [0.3, 0.4) is 0 Å². The number of benzene rings is 1. The van der Waals surface area contributed by atoms with Crippen LogP contribution in [-0.2, 0) is 6.54 Å². The standard InChI is InChI=1S/C18H28ClN3O/c1-3-4-14(2)20-18(23)21-17-9-11-22(12-10-17)13-15-5-7-16(19)8-6-15/h5-8,14,17H,3-4,9-13H2,1-2H3,(H2,20,21,23). The topological polar surface area (TPSA) is 44.4 Å². The Hall–Kier alpha value is -1.26. The summed E-state index contributed by atoms with van der Waals surface area (Å²) in [4.78, 5) is 14.4. The summed E-state index contributed by atoms with van der Waals surface area (Å²) in [5.41, 5.74) is 1.28. The van der Waals surface area contributed by atoms with Gasteiger partial charge in [0.2, 0.25) is 0 Å². The second-order valence-electron chi connectivity index (χ2n) is 6.48. The maximum Gasteiger partial charge on any atom is 0.315 e. The summed E-state index contributed by atoms with van der Waals surface area (Å²) in [7, 11) is 0. The number of carbonyl (C=O) groups excluding carboxylic acids is 1. The van der Waals surface area contributed by atoms with Gasteiger partial charge in [-0.3, -0.25) is 4.90 Å². The summed E-state index contributed by atoms with van der Waals surface area (Å²) >= 11 is 5.92. The SMILES string of the molecule is CCCC(C)NC(=O)NC1CCN(Cc2ccc(Cl)cc2)CC1. The van der Waals surface area contributed by atoms with E-state index in [4.69, 9.17) is 11.6 Å². The van der Waals surface area contributed by atoms with Gasteiger partial charge in [0, 0.05) is 36.7 Å². The lowest BCUT2D eigenvalue weighted by atomic mass is 10.0. The van der Waals surface area contributed by atoms with Crippen molar-refractivity contribution < 1.29 is 4.79 Å². The highest BCUT2D eigenvalue weighted by molar-refractivity contribution is 6.30. The molecule has 5 heteroatoms. The number of carbonyl (C=O) groups is 1. The second-order valence-corrected chi connectivity index (χ2v) is 6.92. The van der Waals surface area contributed by atoms with E-state index in [2.05, 4.69) is 41.5 Å². The maximum atomic E-state index is 12.0. The van der Waals surface area contributed by atoms with Crippen molar-refractivity contribution in [2.45, 2.75) is 58.2 Å². The van der Waals surface area contributed by atoms with Crippen LogP contribution >= 0.6 is 11.6 Å². The molecule has 0 aromatic heterocycles. The molecule has 1 aliphatic heterocycles. The van der Waals surface area contributed by atoms with Gasteiger partial charge in [0.15, 0.2) is 0 Å². The van der Waals surface area contributed by atoms with Crippen LogP contribution in [0.4, 0.5) is 4.79 Å². The Bertz CT molecular complexity index is 484. The summed E-state index contributed by atoms with van der Waals surface area (Å²) in [5, 5.41) is 6.89. The number of halogens is 1.